The van der Waals surface area contributed by atoms with E-state index in [0.29, 0.717) is 41.1 Å². The predicted octanol–water partition coefficient (Wildman–Crippen LogP) is 2.84. The van der Waals surface area contributed by atoms with Gasteiger partial charge in [0.05, 0.1) is 30.8 Å². The lowest BCUT2D eigenvalue weighted by Gasteiger charge is -2.15. The number of benzene rings is 3. The van der Waals surface area contributed by atoms with Gasteiger partial charge in [-0.3, -0.25) is 14.2 Å². The Morgan fingerprint density at radius 3 is 2.43 bits per heavy atom. The highest BCUT2D eigenvalue weighted by atomic mass is 16.5. The summed E-state index contributed by atoms with van der Waals surface area (Å²) in [5, 5.41) is 3.23. The zero-order chi connectivity index (χ0) is 24.9. The van der Waals surface area contributed by atoms with Crippen LogP contribution >= 0.6 is 0 Å². The van der Waals surface area contributed by atoms with Gasteiger partial charge in [-0.15, -0.1) is 0 Å². The van der Waals surface area contributed by atoms with Crippen molar-refractivity contribution in [1.82, 2.24) is 14.5 Å². The van der Waals surface area contributed by atoms with Crippen molar-refractivity contribution in [2.75, 3.05) is 20.8 Å². The van der Waals surface area contributed by atoms with E-state index in [1.54, 1.807) is 56.7 Å². The molecule has 0 atom stereocenters. The van der Waals surface area contributed by atoms with E-state index in [-0.39, 0.29) is 12.5 Å². The van der Waals surface area contributed by atoms with Gasteiger partial charge in [-0.25, -0.2) is 9.36 Å². The SMILES string of the molecule is COc1ccc(CCNC(=O)Cn2c(=O)n(-c3cccc(C)c3)c(=O)c3ccccc32)cc1OC. The van der Waals surface area contributed by atoms with Crippen molar-refractivity contribution >= 4 is 16.8 Å². The van der Waals surface area contributed by atoms with Gasteiger partial charge in [0.15, 0.2) is 11.5 Å². The van der Waals surface area contributed by atoms with E-state index in [4.69, 9.17) is 9.47 Å². The average molecular weight is 474 g/mol. The second kappa shape index (κ2) is 10.3. The summed E-state index contributed by atoms with van der Waals surface area (Å²) in [5.74, 6) is 0.926. The molecule has 0 unspecified atom stereocenters. The van der Waals surface area contributed by atoms with Crippen molar-refractivity contribution in [3.8, 4) is 17.2 Å². The summed E-state index contributed by atoms with van der Waals surface area (Å²) in [6, 6.07) is 19.6. The first-order valence-corrected chi connectivity index (χ1v) is 11.2. The summed E-state index contributed by atoms with van der Waals surface area (Å²) in [4.78, 5) is 39.4. The van der Waals surface area contributed by atoms with E-state index in [0.717, 1.165) is 15.7 Å². The summed E-state index contributed by atoms with van der Waals surface area (Å²) < 4.78 is 13.0. The Hall–Kier alpha value is -4.33. The predicted molar refractivity (Wildman–Crippen MR) is 135 cm³/mol. The van der Waals surface area contributed by atoms with E-state index in [2.05, 4.69) is 5.32 Å². The highest BCUT2D eigenvalue weighted by molar-refractivity contribution is 5.82. The monoisotopic (exact) mass is 473 g/mol. The molecule has 1 amide bonds. The fourth-order valence-electron chi connectivity index (χ4n) is 4.05. The van der Waals surface area contributed by atoms with Crippen LogP contribution in [0.15, 0.2) is 76.3 Å². The standard InChI is InChI=1S/C27H27N3O5/c1-18-7-6-8-20(15-18)30-26(32)21-9-4-5-10-22(21)29(27(30)33)17-25(31)28-14-13-19-11-12-23(34-2)24(16-19)35-3/h4-12,15-16H,13-14,17H2,1-3H3,(H,28,31). The summed E-state index contributed by atoms with van der Waals surface area (Å²) in [6.07, 6.45) is 0.574. The molecule has 0 aliphatic carbocycles. The number of amides is 1. The number of nitrogens with zero attached hydrogens (tertiary/aromatic N) is 2. The zero-order valence-electron chi connectivity index (χ0n) is 19.9. The van der Waals surface area contributed by atoms with E-state index < -0.39 is 11.2 Å². The number of aromatic nitrogens is 2. The molecule has 0 aliphatic rings. The second-order valence-corrected chi connectivity index (χ2v) is 8.15. The van der Waals surface area contributed by atoms with Gasteiger partial charge in [0.25, 0.3) is 5.56 Å². The van der Waals surface area contributed by atoms with Crippen molar-refractivity contribution in [2.45, 2.75) is 19.9 Å². The molecule has 4 aromatic rings. The Balaban J connectivity index is 1.59. The molecule has 8 heteroatoms. The van der Waals surface area contributed by atoms with E-state index in [9.17, 15) is 14.4 Å². The van der Waals surface area contributed by atoms with Gasteiger partial charge in [-0.2, -0.15) is 0 Å². The van der Waals surface area contributed by atoms with Crippen LogP contribution in [0.5, 0.6) is 11.5 Å². The minimum absolute atomic E-state index is 0.211. The van der Waals surface area contributed by atoms with Crippen molar-refractivity contribution < 1.29 is 14.3 Å². The van der Waals surface area contributed by atoms with E-state index >= 15 is 0 Å². The molecule has 0 aliphatic heterocycles. The molecule has 0 bridgehead atoms. The minimum Gasteiger partial charge on any atom is -0.493 e. The average Bonchev–Trinajstić information content (AvgIpc) is 2.86. The second-order valence-electron chi connectivity index (χ2n) is 8.15. The van der Waals surface area contributed by atoms with Crippen LogP contribution in [0, 0.1) is 6.92 Å². The first-order valence-electron chi connectivity index (χ1n) is 11.2. The number of carbonyl (C=O) groups excluding carboxylic acids is 1. The number of fused-ring (bicyclic) bond motifs is 1. The van der Waals surface area contributed by atoms with Crippen LogP contribution in [0.25, 0.3) is 16.6 Å². The van der Waals surface area contributed by atoms with Gasteiger partial charge in [0, 0.05) is 6.54 Å². The number of para-hydroxylation sites is 1. The van der Waals surface area contributed by atoms with Crippen LogP contribution in [0.1, 0.15) is 11.1 Å². The molecule has 0 fully saturated rings. The maximum atomic E-state index is 13.4. The maximum Gasteiger partial charge on any atom is 0.336 e. The van der Waals surface area contributed by atoms with Crippen LogP contribution in [-0.4, -0.2) is 35.8 Å². The Labute approximate surface area is 202 Å². The maximum absolute atomic E-state index is 13.4. The largest absolute Gasteiger partial charge is 0.493 e. The Kier molecular flexibility index (Phi) is 7.01. The van der Waals surface area contributed by atoms with Crippen LogP contribution in [-0.2, 0) is 17.8 Å². The van der Waals surface area contributed by atoms with Gasteiger partial charge < -0.3 is 14.8 Å². The fraction of sp³-hybridized carbons (Fsp3) is 0.222. The number of aryl methyl sites for hydroxylation is 1. The molecule has 35 heavy (non-hydrogen) atoms. The molecule has 0 saturated carbocycles. The first kappa shape index (κ1) is 23.8. The molecule has 180 valence electrons. The zero-order valence-corrected chi connectivity index (χ0v) is 19.9. The third kappa shape index (κ3) is 4.96. The molecule has 4 rings (SSSR count). The third-order valence-corrected chi connectivity index (χ3v) is 5.80. The quantitative estimate of drug-likeness (QED) is 0.425. The lowest BCUT2D eigenvalue weighted by Crippen LogP contribution is -2.42. The van der Waals surface area contributed by atoms with Crippen LogP contribution < -0.4 is 26.0 Å². The van der Waals surface area contributed by atoms with Gasteiger partial charge in [-0.05, 0) is 60.9 Å². The Bertz CT molecular complexity index is 1500. The summed E-state index contributed by atoms with van der Waals surface area (Å²) >= 11 is 0. The molecular formula is C27H27N3O5. The molecule has 8 nitrogen and oxygen atoms in total. The van der Waals surface area contributed by atoms with Crippen LogP contribution in [0.4, 0.5) is 0 Å². The lowest BCUT2D eigenvalue weighted by atomic mass is 10.1. The van der Waals surface area contributed by atoms with Crippen molar-refractivity contribution in [3.63, 3.8) is 0 Å². The number of nitrogens with one attached hydrogen (secondary N) is 1. The number of carbonyl (C=O) groups is 1. The van der Waals surface area contributed by atoms with Crippen LogP contribution in [0.2, 0.25) is 0 Å². The van der Waals surface area contributed by atoms with Crippen LogP contribution in [0.3, 0.4) is 0 Å². The van der Waals surface area contributed by atoms with Crippen molar-refractivity contribution in [2.24, 2.45) is 0 Å². The molecule has 1 aromatic heterocycles. The smallest absolute Gasteiger partial charge is 0.336 e. The molecule has 0 radical (unpaired) electrons. The molecule has 0 spiro atoms. The number of methoxy groups -OCH3 is 2. The number of ether oxygens (including phenoxy) is 2. The van der Waals surface area contributed by atoms with Gasteiger partial charge >= 0.3 is 5.69 Å². The lowest BCUT2D eigenvalue weighted by molar-refractivity contribution is -0.121. The molecule has 3 aromatic carbocycles. The highest BCUT2D eigenvalue weighted by Crippen LogP contribution is 2.27. The van der Waals surface area contributed by atoms with Gasteiger partial charge in [-0.1, -0.05) is 30.3 Å². The molecular weight excluding hydrogens is 446 g/mol. The third-order valence-electron chi connectivity index (χ3n) is 5.80. The summed E-state index contributed by atoms with van der Waals surface area (Å²) in [7, 11) is 3.15. The summed E-state index contributed by atoms with van der Waals surface area (Å²) in [5.41, 5.74) is 1.80. The first-order chi connectivity index (χ1) is 16.9. The van der Waals surface area contributed by atoms with Gasteiger partial charge in [0.1, 0.15) is 6.54 Å². The van der Waals surface area contributed by atoms with Gasteiger partial charge in [0.2, 0.25) is 5.91 Å². The normalized spacial score (nSPS) is 10.8. The molecule has 1 N–H and O–H groups in total. The fourth-order valence-corrected chi connectivity index (χ4v) is 4.05. The molecule has 0 saturated heterocycles. The minimum atomic E-state index is -0.561. The summed E-state index contributed by atoms with van der Waals surface area (Å²) in [6.45, 7) is 2.05. The Morgan fingerprint density at radius 2 is 1.69 bits per heavy atom. The van der Waals surface area contributed by atoms with E-state index in [1.807, 2.05) is 31.2 Å². The van der Waals surface area contributed by atoms with Crippen molar-refractivity contribution in [1.29, 1.82) is 0 Å². The van der Waals surface area contributed by atoms with Crippen molar-refractivity contribution in [3.05, 3.63) is 98.7 Å². The topological polar surface area (TPSA) is 91.6 Å². The Morgan fingerprint density at radius 1 is 0.914 bits per heavy atom. The van der Waals surface area contributed by atoms with E-state index in [1.165, 1.54) is 4.57 Å². The highest BCUT2D eigenvalue weighted by Gasteiger charge is 2.16. The number of rotatable bonds is 8. The molecule has 1 heterocycles. The number of hydrogen-bond donors (Lipinski definition) is 1. The number of hydrogen-bond acceptors (Lipinski definition) is 5.